The molecule has 0 bridgehead atoms. The molecule has 0 spiro atoms. The maximum absolute atomic E-state index is 10.7. The molecule has 0 aliphatic heterocycles. The van der Waals surface area contributed by atoms with Crippen molar-refractivity contribution in [1.29, 1.82) is 5.26 Å². The van der Waals surface area contributed by atoms with Gasteiger partial charge in [-0.05, 0) is 12.1 Å². The Kier molecular flexibility index (Phi) is 3.93. The lowest BCUT2D eigenvalue weighted by Gasteiger charge is -1.98. The average Bonchev–Trinajstić information content (AvgIpc) is 2.20. The van der Waals surface area contributed by atoms with Crippen molar-refractivity contribution >= 4 is 28.5 Å². The van der Waals surface area contributed by atoms with E-state index in [2.05, 4.69) is 22.1 Å². The van der Waals surface area contributed by atoms with Crippen molar-refractivity contribution < 1.29 is 12.7 Å². The van der Waals surface area contributed by atoms with Crippen molar-refractivity contribution in [1.82, 2.24) is 0 Å². The summed E-state index contributed by atoms with van der Waals surface area (Å²) in [4.78, 5) is 0.727. The van der Waals surface area contributed by atoms with Gasteiger partial charge in [0.05, 0.1) is 6.26 Å². The van der Waals surface area contributed by atoms with E-state index >= 15 is 0 Å². The molecule has 0 aromatic heterocycles. The molecule has 0 amide bonds. The SMILES string of the molecule is CS(=O)(=O)ON=C(C#N)c1ccc(S)cc1. The number of hydrogen-bond donors (Lipinski definition) is 1. The molecule has 1 rings (SSSR count). The first-order valence-corrected chi connectivity index (χ1v) is 6.35. The predicted octanol–water partition coefficient (Wildman–Crippen LogP) is 1.18. The van der Waals surface area contributed by atoms with E-state index in [0.717, 1.165) is 11.2 Å². The van der Waals surface area contributed by atoms with Gasteiger partial charge in [-0.1, -0.05) is 17.3 Å². The Balaban J connectivity index is 3.00. The normalized spacial score (nSPS) is 11.9. The Morgan fingerprint density at radius 3 is 2.44 bits per heavy atom. The number of nitriles is 1. The van der Waals surface area contributed by atoms with Crippen molar-refractivity contribution in [2.75, 3.05) is 6.26 Å². The van der Waals surface area contributed by atoms with Crippen LogP contribution in [0.5, 0.6) is 0 Å². The van der Waals surface area contributed by atoms with Crippen LogP contribution in [0.4, 0.5) is 0 Å². The number of thiol groups is 1. The second kappa shape index (κ2) is 5.01. The van der Waals surface area contributed by atoms with Gasteiger partial charge < -0.3 is 0 Å². The van der Waals surface area contributed by atoms with Crippen LogP contribution in [0.3, 0.4) is 0 Å². The summed E-state index contributed by atoms with van der Waals surface area (Å²) in [6.07, 6.45) is 0.850. The van der Waals surface area contributed by atoms with Crippen LogP contribution >= 0.6 is 12.6 Å². The summed E-state index contributed by atoms with van der Waals surface area (Å²) in [6.45, 7) is 0. The zero-order valence-electron chi connectivity index (χ0n) is 8.28. The molecule has 0 fully saturated rings. The molecule has 0 aliphatic rings. The highest BCUT2D eigenvalue weighted by Gasteiger charge is 2.06. The van der Waals surface area contributed by atoms with E-state index in [4.69, 9.17) is 5.26 Å². The minimum atomic E-state index is -3.70. The Morgan fingerprint density at radius 1 is 1.44 bits per heavy atom. The van der Waals surface area contributed by atoms with Crippen LogP contribution in [0.25, 0.3) is 0 Å². The largest absolute Gasteiger partial charge is 0.325 e. The van der Waals surface area contributed by atoms with Gasteiger partial charge in [-0.25, -0.2) is 0 Å². The fourth-order valence-corrected chi connectivity index (χ4v) is 1.22. The van der Waals surface area contributed by atoms with Crippen molar-refractivity contribution in [2.24, 2.45) is 5.16 Å². The highest BCUT2D eigenvalue weighted by molar-refractivity contribution is 7.85. The first-order chi connectivity index (χ1) is 7.42. The Labute approximate surface area is 98.9 Å². The van der Waals surface area contributed by atoms with Gasteiger partial charge in [0.1, 0.15) is 6.07 Å². The molecule has 0 radical (unpaired) electrons. The molecule has 0 aliphatic carbocycles. The molecule has 0 atom stereocenters. The summed E-state index contributed by atoms with van der Waals surface area (Å²) in [6, 6.07) is 8.25. The molecule has 0 saturated carbocycles. The molecule has 0 saturated heterocycles. The van der Waals surface area contributed by atoms with E-state index in [-0.39, 0.29) is 5.71 Å². The number of nitrogens with zero attached hydrogens (tertiary/aromatic N) is 2. The Bertz CT molecular complexity index is 541. The van der Waals surface area contributed by atoms with Crippen LogP contribution in [-0.4, -0.2) is 20.4 Å². The van der Waals surface area contributed by atoms with Gasteiger partial charge >= 0.3 is 10.1 Å². The predicted molar refractivity (Wildman–Crippen MR) is 61.8 cm³/mol. The van der Waals surface area contributed by atoms with Gasteiger partial charge in [0.25, 0.3) is 0 Å². The smallest absolute Gasteiger partial charge is 0.267 e. The molecule has 1 aromatic carbocycles. The van der Waals surface area contributed by atoms with Crippen molar-refractivity contribution in [3.8, 4) is 6.07 Å². The van der Waals surface area contributed by atoms with Crippen LogP contribution in [0.15, 0.2) is 34.3 Å². The molecule has 16 heavy (non-hydrogen) atoms. The van der Waals surface area contributed by atoms with Crippen molar-refractivity contribution in [2.45, 2.75) is 4.90 Å². The zero-order valence-corrected chi connectivity index (χ0v) is 9.99. The van der Waals surface area contributed by atoms with Crippen LogP contribution in [0.2, 0.25) is 0 Å². The highest BCUT2D eigenvalue weighted by Crippen LogP contribution is 2.09. The summed E-state index contributed by atoms with van der Waals surface area (Å²) < 4.78 is 25.6. The quantitative estimate of drug-likeness (QED) is 0.500. The molecule has 84 valence electrons. The lowest BCUT2D eigenvalue weighted by molar-refractivity contribution is 0.344. The van der Waals surface area contributed by atoms with Crippen LogP contribution in [0.1, 0.15) is 5.56 Å². The summed E-state index contributed by atoms with van der Waals surface area (Å²) in [7, 11) is -3.70. The van der Waals surface area contributed by atoms with Crippen LogP contribution in [0, 0.1) is 11.3 Å². The maximum atomic E-state index is 10.7. The number of benzene rings is 1. The first kappa shape index (κ1) is 12.5. The Hall–Kier alpha value is -1.52. The van der Waals surface area contributed by atoms with Gasteiger partial charge in [0.2, 0.25) is 0 Å². The van der Waals surface area contributed by atoms with Crippen molar-refractivity contribution in [3.05, 3.63) is 29.8 Å². The van der Waals surface area contributed by atoms with E-state index in [1.165, 1.54) is 0 Å². The lowest BCUT2D eigenvalue weighted by Crippen LogP contribution is -2.03. The molecule has 0 heterocycles. The second-order valence-corrected chi connectivity index (χ2v) is 4.95. The topological polar surface area (TPSA) is 79.5 Å². The first-order valence-electron chi connectivity index (χ1n) is 4.08. The van der Waals surface area contributed by atoms with E-state index in [9.17, 15) is 8.42 Å². The maximum Gasteiger partial charge on any atom is 0.325 e. The standard InChI is InChI=1S/C9H8N2O3S2/c1-16(12,13)14-11-9(6-10)7-2-4-8(15)5-3-7/h2-5,15H,1H3. The van der Waals surface area contributed by atoms with Crippen molar-refractivity contribution in [3.63, 3.8) is 0 Å². The molecule has 1 aromatic rings. The summed E-state index contributed by atoms with van der Waals surface area (Å²) in [5, 5.41) is 12.0. The second-order valence-electron chi connectivity index (χ2n) is 2.88. The van der Waals surface area contributed by atoms with Gasteiger partial charge in [0, 0.05) is 10.5 Å². The number of rotatable bonds is 3. The third-order valence-corrected chi connectivity index (χ3v) is 2.15. The van der Waals surface area contributed by atoms with Gasteiger partial charge in [0.15, 0.2) is 5.71 Å². The van der Waals surface area contributed by atoms with Gasteiger partial charge in [-0.3, -0.25) is 4.28 Å². The van der Waals surface area contributed by atoms with E-state index in [1.54, 1.807) is 30.3 Å². The summed E-state index contributed by atoms with van der Waals surface area (Å²) >= 11 is 4.08. The van der Waals surface area contributed by atoms with Crippen LogP contribution in [-0.2, 0) is 14.4 Å². The molecule has 0 unspecified atom stereocenters. The highest BCUT2D eigenvalue weighted by atomic mass is 32.2. The minimum Gasteiger partial charge on any atom is -0.267 e. The van der Waals surface area contributed by atoms with Gasteiger partial charge in [-0.2, -0.15) is 13.7 Å². The average molecular weight is 256 g/mol. The zero-order chi connectivity index (χ0) is 12.2. The third-order valence-electron chi connectivity index (χ3n) is 1.51. The number of hydrogen-bond acceptors (Lipinski definition) is 6. The fourth-order valence-electron chi connectivity index (χ4n) is 0.862. The van der Waals surface area contributed by atoms with E-state index in [1.807, 2.05) is 0 Å². The van der Waals surface area contributed by atoms with E-state index < -0.39 is 10.1 Å². The molecular weight excluding hydrogens is 248 g/mol. The fraction of sp³-hybridized carbons (Fsp3) is 0.111. The molecule has 5 nitrogen and oxygen atoms in total. The van der Waals surface area contributed by atoms with Crippen LogP contribution < -0.4 is 0 Å². The van der Waals surface area contributed by atoms with E-state index in [0.29, 0.717) is 5.56 Å². The molecule has 0 N–H and O–H groups in total. The lowest BCUT2D eigenvalue weighted by atomic mass is 10.1. The number of oxime groups is 1. The third kappa shape index (κ3) is 3.92. The monoisotopic (exact) mass is 256 g/mol. The Morgan fingerprint density at radius 2 is 2.00 bits per heavy atom. The molecular formula is C9H8N2O3S2. The summed E-state index contributed by atoms with van der Waals surface area (Å²) in [5.41, 5.74) is 0.350. The molecule has 7 heteroatoms. The summed E-state index contributed by atoms with van der Waals surface area (Å²) in [5.74, 6) is 0. The van der Waals surface area contributed by atoms with Gasteiger partial charge in [-0.15, -0.1) is 12.6 Å². The minimum absolute atomic E-state index is 0.112.